The van der Waals surface area contributed by atoms with Gasteiger partial charge in [-0.25, -0.2) is 0 Å². The lowest BCUT2D eigenvalue weighted by molar-refractivity contribution is -0.141. The summed E-state index contributed by atoms with van der Waals surface area (Å²) in [4.78, 5) is 26.3. The fraction of sp³-hybridized carbons (Fsp3) is 0.500. The van der Waals surface area contributed by atoms with E-state index in [1.54, 1.807) is 12.1 Å². The number of nitrogens with two attached hydrogens (primary N) is 1. The Labute approximate surface area is 118 Å². The van der Waals surface area contributed by atoms with Crippen molar-refractivity contribution < 1.29 is 9.59 Å². The molecule has 0 spiro atoms. The Kier molecular flexibility index (Phi) is 3.24. The summed E-state index contributed by atoms with van der Waals surface area (Å²) < 4.78 is 0. The Morgan fingerprint density at radius 1 is 1.10 bits per heavy atom. The highest BCUT2D eigenvalue weighted by Crippen LogP contribution is 2.44. The first kappa shape index (κ1) is 13.2. The molecule has 2 amide bonds. The van der Waals surface area contributed by atoms with E-state index in [2.05, 4.69) is 6.92 Å². The number of anilines is 1. The highest BCUT2D eigenvalue weighted by molar-refractivity contribution is 6.05. The number of rotatable bonds is 3. The predicted octanol–water partition coefficient (Wildman–Crippen LogP) is 2.19. The summed E-state index contributed by atoms with van der Waals surface area (Å²) in [5.41, 5.74) is 7.29. The van der Waals surface area contributed by atoms with Crippen molar-refractivity contribution in [3.63, 3.8) is 0 Å². The zero-order valence-electron chi connectivity index (χ0n) is 11.7. The van der Waals surface area contributed by atoms with Gasteiger partial charge in [-0.15, -0.1) is 0 Å². The lowest BCUT2D eigenvalue weighted by Crippen LogP contribution is -2.31. The molecule has 1 heterocycles. The van der Waals surface area contributed by atoms with Crippen LogP contribution in [-0.2, 0) is 16.1 Å². The van der Waals surface area contributed by atoms with E-state index in [9.17, 15) is 9.59 Å². The largest absolute Gasteiger partial charge is 0.399 e. The molecule has 106 valence electrons. The van der Waals surface area contributed by atoms with E-state index in [1.807, 2.05) is 12.1 Å². The summed E-state index contributed by atoms with van der Waals surface area (Å²) in [5.74, 6) is 0.444. The highest BCUT2D eigenvalue weighted by atomic mass is 16.2. The Morgan fingerprint density at radius 2 is 1.65 bits per heavy atom. The highest BCUT2D eigenvalue weighted by Gasteiger charge is 2.51. The summed E-state index contributed by atoms with van der Waals surface area (Å²) in [6.07, 6.45) is 2.82. The second-order valence-electron chi connectivity index (χ2n) is 5.96. The number of fused-ring (bicyclic) bond motifs is 1. The van der Waals surface area contributed by atoms with Crippen molar-refractivity contribution in [1.82, 2.24) is 4.90 Å². The zero-order valence-corrected chi connectivity index (χ0v) is 11.7. The van der Waals surface area contributed by atoms with Crippen LogP contribution in [0, 0.1) is 17.8 Å². The third kappa shape index (κ3) is 2.09. The Balaban J connectivity index is 1.75. The molecule has 1 saturated carbocycles. The average Bonchev–Trinajstić information content (AvgIpc) is 2.97. The summed E-state index contributed by atoms with van der Waals surface area (Å²) in [6, 6.07) is 7.35. The summed E-state index contributed by atoms with van der Waals surface area (Å²) in [7, 11) is 0. The minimum atomic E-state index is -0.0683. The van der Waals surface area contributed by atoms with Gasteiger partial charge < -0.3 is 5.73 Å². The molecule has 0 bridgehead atoms. The average molecular weight is 272 g/mol. The number of benzene rings is 1. The van der Waals surface area contributed by atoms with Crippen LogP contribution in [0.25, 0.3) is 0 Å². The van der Waals surface area contributed by atoms with Crippen molar-refractivity contribution in [2.45, 2.75) is 32.7 Å². The number of amides is 2. The molecule has 1 aromatic carbocycles. The van der Waals surface area contributed by atoms with Crippen LogP contribution in [0.1, 0.15) is 31.7 Å². The molecule has 20 heavy (non-hydrogen) atoms. The molecule has 2 N–H and O–H groups in total. The number of carbonyl (C=O) groups is 2. The molecule has 1 aliphatic heterocycles. The van der Waals surface area contributed by atoms with Crippen LogP contribution in [0.4, 0.5) is 5.69 Å². The van der Waals surface area contributed by atoms with Crippen molar-refractivity contribution >= 4 is 17.5 Å². The number of hydrogen-bond donors (Lipinski definition) is 1. The van der Waals surface area contributed by atoms with Crippen molar-refractivity contribution in [2.24, 2.45) is 17.8 Å². The molecule has 2 fully saturated rings. The SMILES string of the molecule is CCC1CC2C(=O)N(Cc3ccc(N)cc3)C(=O)C2C1. The van der Waals surface area contributed by atoms with Gasteiger partial charge >= 0.3 is 0 Å². The van der Waals surface area contributed by atoms with E-state index in [4.69, 9.17) is 5.73 Å². The van der Waals surface area contributed by atoms with E-state index in [0.717, 1.165) is 24.8 Å². The molecule has 4 heteroatoms. The third-order valence-electron chi connectivity index (χ3n) is 4.72. The van der Waals surface area contributed by atoms with Gasteiger partial charge in [-0.2, -0.15) is 0 Å². The molecule has 3 rings (SSSR count). The lowest BCUT2D eigenvalue weighted by Gasteiger charge is -2.17. The number of carbonyl (C=O) groups excluding carboxylic acids is 2. The number of nitrogen functional groups attached to an aromatic ring is 1. The van der Waals surface area contributed by atoms with E-state index in [1.165, 1.54) is 4.90 Å². The molecule has 0 radical (unpaired) electrons. The number of imide groups is 1. The first-order chi connectivity index (χ1) is 9.60. The van der Waals surface area contributed by atoms with Crippen LogP contribution >= 0.6 is 0 Å². The van der Waals surface area contributed by atoms with Crippen LogP contribution in [-0.4, -0.2) is 16.7 Å². The zero-order chi connectivity index (χ0) is 14.3. The summed E-state index contributed by atoms with van der Waals surface area (Å²) in [6.45, 7) is 2.51. The van der Waals surface area contributed by atoms with Crippen molar-refractivity contribution in [2.75, 3.05) is 5.73 Å². The topological polar surface area (TPSA) is 63.4 Å². The second-order valence-corrected chi connectivity index (χ2v) is 5.96. The molecule has 2 unspecified atom stereocenters. The standard InChI is InChI=1S/C16H20N2O2/c1-2-10-7-13-14(8-10)16(20)18(15(13)19)9-11-3-5-12(17)6-4-11/h3-6,10,13-14H,2,7-9,17H2,1H3. The van der Waals surface area contributed by atoms with Gasteiger partial charge in [0.15, 0.2) is 0 Å². The molecule has 1 aliphatic carbocycles. The smallest absolute Gasteiger partial charge is 0.233 e. The third-order valence-corrected chi connectivity index (χ3v) is 4.72. The Morgan fingerprint density at radius 3 is 2.15 bits per heavy atom. The number of likely N-dealkylation sites (tertiary alicyclic amines) is 1. The molecule has 1 saturated heterocycles. The van der Waals surface area contributed by atoms with E-state index in [-0.39, 0.29) is 23.7 Å². The van der Waals surface area contributed by atoms with Gasteiger partial charge in [0.1, 0.15) is 0 Å². The van der Waals surface area contributed by atoms with Crippen molar-refractivity contribution in [3.8, 4) is 0 Å². The maximum atomic E-state index is 12.4. The Hall–Kier alpha value is -1.84. The van der Waals surface area contributed by atoms with Gasteiger partial charge in [-0.1, -0.05) is 25.5 Å². The normalized spacial score (nSPS) is 29.1. The predicted molar refractivity (Wildman–Crippen MR) is 76.4 cm³/mol. The van der Waals surface area contributed by atoms with Crippen molar-refractivity contribution in [1.29, 1.82) is 0 Å². The molecule has 1 aromatic rings. The maximum Gasteiger partial charge on any atom is 0.233 e. The van der Waals surface area contributed by atoms with Crippen LogP contribution in [0.15, 0.2) is 24.3 Å². The first-order valence-corrected chi connectivity index (χ1v) is 7.29. The van der Waals surface area contributed by atoms with Gasteiger partial charge in [0.2, 0.25) is 11.8 Å². The quantitative estimate of drug-likeness (QED) is 0.677. The number of nitrogens with zero attached hydrogens (tertiary/aromatic N) is 1. The summed E-state index contributed by atoms with van der Waals surface area (Å²) in [5, 5.41) is 0. The van der Waals surface area contributed by atoms with E-state index in [0.29, 0.717) is 18.2 Å². The van der Waals surface area contributed by atoms with Gasteiger partial charge in [0, 0.05) is 5.69 Å². The summed E-state index contributed by atoms with van der Waals surface area (Å²) >= 11 is 0. The fourth-order valence-corrected chi connectivity index (χ4v) is 3.49. The second kappa shape index (κ2) is 4.93. The maximum absolute atomic E-state index is 12.4. The van der Waals surface area contributed by atoms with E-state index < -0.39 is 0 Å². The molecule has 4 nitrogen and oxygen atoms in total. The minimum absolute atomic E-state index is 0.0211. The number of hydrogen-bond acceptors (Lipinski definition) is 3. The van der Waals surface area contributed by atoms with Gasteiger partial charge in [-0.05, 0) is 36.5 Å². The fourth-order valence-electron chi connectivity index (χ4n) is 3.49. The lowest BCUT2D eigenvalue weighted by atomic mass is 10.00. The van der Waals surface area contributed by atoms with Gasteiger partial charge in [-0.3, -0.25) is 14.5 Å². The Bertz CT molecular complexity index is 514. The van der Waals surface area contributed by atoms with Crippen molar-refractivity contribution in [3.05, 3.63) is 29.8 Å². The molecule has 2 aliphatic rings. The van der Waals surface area contributed by atoms with Crippen LogP contribution < -0.4 is 5.73 Å². The van der Waals surface area contributed by atoms with Gasteiger partial charge in [0.25, 0.3) is 0 Å². The van der Waals surface area contributed by atoms with Crippen LogP contribution in [0.5, 0.6) is 0 Å². The molecule has 0 aromatic heterocycles. The monoisotopic (exact) mass is 272 g/mol. The molecular weight excluding hydrogens is 252 g/mol. The van der Waals surface area contributed by atoms with Crippen LogP contribution in [0.3, 0.4) is 0 Å². The molecular formula is C16H20N2O2. The van der Waals surface area contributed by atoms with E-state index >= 15 is 0 Å². The van der Waals surface area contributed by atoms with Crippen LogP contribution in [0.2, 0.25) is 0 Å². The molecule has 2 atom stereocenters. The van der Waals surface area contributed by atoms with Gasteiger partial charge in [0.05, 0.1) is 18.4 Å². The minimum Gasteiger partial charge on any atom is -0.399 e. The first-order valence-electron chi connectivity index (χ1n) is 7.29.